The van der Waals surface area contributed by atoms with Gasteiger partial charge in [-0.1, -0.05) is 19.1 Å². The highest BCUT2D eigenvalue weighted by Crippen LogP contribution is 2.20. The summed E-state index contributed by atoms with van der Waals surface area (Å²) in [6.45, 7) is 7.13. The molecule has 0 radical (unpaired) electrons. The molecule has 0 saturated carbocycles. The summed E-state index contributed by atoms with van der Waals surface area (Å²) in [5.41, 5.74) is 1.29. The third-order valence-corrected chi connectivity index (χ3v) is 3.75. The number of aliphatic hydroxyl groups excluding tert-OH is 1. The zero-order chi connectivity index (χ0) is 13.9. The summed E-state index contributed by atoms with van der Waals surface area (Å²) < 4.78 is 5.20. The number of thioether (sulfide) groups is 1. The highest BCUT2D eigenvalue weighted by atomic mass is 32.2. The Balaban J connectivity index is 2.34. The van der Waals surface area contributed by atoms with E-state index in [0.29, 0.717) is 19.0 Å². The number of rotatable bonds is 10. The number of nitrogens with one attached hydrogen (secondary N) is 1. The maximum Gasteiger partial charge on any atom is 0.0867 e. The van der Waals surface area contributed by atoms with E-state index in [1.54, 1.807) is 11.8 Å². The highest BCUT2D eigenvalue weighted by molar-refractivity contribution is 7.99. The molecule has 1 rings (SSSR count). The van der Waals surface area contributed by atoms with Gasteiger partial charge >= 0.3 is 0 Å². The molecule has 0 aliphatic heterocycles. The Hall–Kier alpha value is -0.550. The summed E-state index contributed by atoms with van der Waals surface area (Å²) in [5, 5.41) is 13.1. The lowest BCUT2D eigenvalue weighted by atomic mass is 10.2. The minimum atomic E-state index is -0.396. The lowest BCUT2D eigenvalue weighted by Gasteiger charge is -2.10. The number of aliphatic hydroxyl groups is 1. The second-order valence-electron chi connectivity index (χ2n) is 4.45. The monoisotopic (exact) mass is 283 g/mol. The first-order valence-corrected chi connectivity index (χ1v) is 7.93. The Labute approximate surface area is 120 Å². The Kier molecular flexibility index (Phi) is 8.91. The molecule has 0 amide bonds. The van der Waals surface area contributed by atoms with Crippen LogP contribution in [0.2, 0.25) is 0 Å². The van der Waals surface area contributed by atoms with Gasteiger partial charge in [0, 0.05) is 23.8 Å². The molecule has 3 nitrogen and oxygen atoms in total. The van der Waals surface area contributed by atoms with Crippen molar-refractivity contribution in [3.63, 3.8) is 0 Å². The predicted octanol–water partition coefficient (Wildman–Crippen LogP) is 2.68. The molecule has 1 unspecified atom stereocenters. The topological polar surface area (TPSA) is 41.5 Å². The van der Waals surface area contributed by atoms with E-state index < -0.39 is 6.10 Å². The van der Waals surface area contributed by atoms with Gasteiger partial charge in [-0.2, -0.15) is 0 Å². The molecule has 108 valence electrons. The minimum absolute atomic E-state index is 0.396. The molecule has 2 N–H and O–H groups in total. The van der Waals surface area contributed by atoms with Gasteiger partial charge in [0.15, 0.2) is 0 Å². The van der Waals surface area contributed by atoms with E-state index in [-0.39, 0.29) is 0 Å². The maximum atomic E-state index is 9.73. The van der Waals surface area contributed by atoms with Crippen LogP contribution in [0.3, 0.4) is 0 Å². The van der Waals surface area contributed by atoms with E-state index in [4.69, 9.17) is 4.74 Å². The molecular weight excluding hydrogens is 258 g/mol. The van der Waals surface area contributed by atoms with Crippen molar-refractivity contribution >= 4 is 11.8 Å². The molecule has 0 aromatic heterocycles. The largest absolute Gasteiger partial charge is 0.390 e. The average Bonchev–Trinajstić information content (AvgIpc) is 2.44. The molecule has 4 heteroatoms. The highest BCUT2D eigenvalue weighted by Gasteiger charge is 2.05. The van der Waals surface area contributed by atoms with Crippen LogP contribution in [-0.2, 0) is 11.3 Å². The van der Waals surface area contributed by atoms with E-state index in [9.17, 15) is 5.11 Å². The molecule has 0 saturated heterocycles. The second-order valence-corrected chi connectivity index (χ2v) is 5.54. The summed E-state index contributed by atoms with van der Waals surface area (Å²) in [6.07, 6.45) is 0.754. The number of hydrogen-bond acceptors (Lipinski definition) is 4. The Bertz CT molecular complexity index is 347. The van der Waals surface area contributed by atoms with Gasteiger partial charge in [-0.15, -0.1) is 11.8 Å². The lowest BCUT2D eigenvalue weighted by Crippen LogP contribution is -2.17. The van der Waals surface area contributed by atoms with Crippen LogP contribution < -0.4 is 5.32 Å². The van der Waals surface area contributed by atoms with Gasteiger partial charge < -0.3 is 15.2 Å². The van der Waals surface area contributed by atoms with Gasteiger partial charge in [0.1, 0.15) is 0 Å². The molecule has 1 aromatic rings. The fourth-order valence-electron chi connectivity index (χ4n) is 1.65. The van der Waals surface area contributed by atoms with Gasteiger partial charge in [0.25, 0.3) is 0 Å². The predicted molar refractivity (Wildman–Crippen MR) is 81.7 cm³/mol. The average molecular weight is 283 g/mol. The summed E-state index contributed by atoms with van der Waals surface area (Å²) in [4.78, 5) is 1.20. The number of hydrogen-bond donors (Lipinski definition) is 2. The van der Waals surface area contributed by atoms with E-state index in [2.05, 4.69) is 36.5 Å². The van der Waals surface area contributed by atoms with Crippen molar-refractivity contribution in [3.8, 4) is 0 Å². The molecule has 19 heavy (non-hydrogen) atoms. The second kappa shape index (κ2) is 10.3. The van der Waals surface area contributed by atoms with Crippen molar-refractivity contribution < 1.29 is 9.84 Å². The van der Waals surface area contributed by atoms with Crippen LogP contribution in [0.4, 0.5) is 0 Å². The lowest BCUT2D eigenvalue weighted by molar-refractivity contribution is 0.0551. The fourth-order valence-corrected chi connectivity index (χ4v) is 2.54. The SMILES string of the molecule is CCCNCc1cccc(SCC(O)COCC)c1. The fraction of sp³-hybridized carbons (Fsp3) is 0.600. The number of benzene rings is 1. The van der Waals surface area contributed by atoms with Crippen molar-refractivity contribution in [3.05, 3.63) is 29.8 Å². The quantitative estimate of drug-likeness (QED) is 0.512. The van der Waals surface area contributed by atoms with E-state index >= 15 is 0 Å². The molecular formula is C15H25NO2S. The Morgan fingerprint density at radius 2 is 2.21 bits per heavy atom. The summed E-state index contributed by atoms with van der Waals surface area (Å²) in [7, 11) is 0. The third kappa shape index (κ3) is 7.57. The summed E-state index contributed by atoms with van der Waals surface area (Å²) in [5.74, 6) is 0.672. The number of ether oxygens (including phenoxy) is 1. The van der Waals surface area contributed by atoms with Crippen LogP contribution in [0, 0.1) is 0 Å². The van der Waals surface area contributed by atoms with Gasteiger partial charge in [-0.3, -0.25) is 0 Å². The molecule has 0 bridgehead atoms. The van der Waals surface area contributed by atoms with Gasteiger partial charge in [0.05, 0.1) is 12.7 Å². The standard InChI is InChI=1S/C15H25NO2S/c1-3-8-16-10-13-6-5-7-15(9-13)19-12-14(17)11-18-4-2/h5-7,9,14,16-17H,3-4,8,10-12H2,1-2H3. The molecule has 1 atom stereocenters. The zero-order valence-electron chi connectivity index (χ0n) is 11.9. The van der Waals surface area contributed by atoms with Crippen LogP contribution in [0.15, 0.2) is 29.2 Å². The minimum Gasteiger partial charge on any atom is -0.390 e. The zero-order valence-corrected chi connectivity index (χ0v) is 12.7. The van der Waals surface area contributed by atoms with Gasteiger partial charge in [0.2, 0.25) is 0 Å². The normalized spacial score (nSPS) is 12.6. The molecule has 0 aliphatic rings. The van der Waals surface area contributed by atoms with Crippen LogP contribution in [0.25, 0.3) is 0 Å². The summed E-state index contributed by atoms with van der Waals surface area (Å²) >= 11 is 1.67. The molecule has 0 spiro atoms. The first kappa shape index (κ1) is 16.5. The van der Waals surface area contributed by atoms with Crippen LogP contribution in [0.1, 0.15) is 25.8 Å². The first-order valence-electron chi connectivity index (χ1n) is 6.94. The summed E-state index contributed by atoms with van der Waals surface area (Å²) in [6, 6.07) is 8.46. The van der Waals surface area contributed by atoms with Gasteiger partial charge in [-0.05, 0) is 37.6 Å². The van der Waals surface area contributed by atoms with E-state index in [1.807, 2.05) is 6.92 Å². The molecule has 0 fully saturated rings. The van der Waals surface area contributed by atoms with Crippen LogP contribution in [-0.4, -0.2) is 36.7 Å². The molecule has 0 heterocycles. The smallest absolute Gasteiger partial charge is 0.0867 e. The molecule has 0 aliphatic carbocycles. The Morgan fingerprint density at radius 3 is 2.95 bits per heavy atom. The van der Waals surface area contributed by atoms with Crippen LogP contribution >= 0.6 is 11.8 Å². The van der Waals surface area contributed by atoms with Crippen molar-refractivity contribution in [2.24, 2.45) is 0 Å². The van der Waals surface area contributed by atoms with Crippen molar-refractivity contribution in [1.82, 2.24) is 5.32 Å². The van der Waals surface area contributed by atoms with Gasteiger partial charge in [-0.25, -0.2) is 0 Å². The van der Waals surface area contributed by atoms with E-state index in [0.717, 1.165) is 19.5 Å². The van der Waals surface area contributed by atoms with Crippen molar-refractivity contribution in [1.29, 1.82) is 0 Å². The van der Waals surface area contributed by atoms with Crippen LogP contribution in [0.5, 0.6) is 0 Å². The molecule has 1 aromatic carbocycles. The van der Waals surface area contributed by atoms with Crippen molar-refractivity contribution in [2.75, 3.05) is 25.5 Å². The third-order valence-electron chi connectivity index (χ3n) is 2.61. The maximum absolute atomic E-state index is 9.73. The van der Waals surface area contributed by atoms with E-state index in [1.165, 1.54) is 10.5 Å². The first-order chi connectivity index (χ1) is 9.26. The Morgan fingerprint density at radius 1 is 1.37 bits per heavy atom. The van der Waals surface area contributed by atoms with Crippen molar-refractivity contribution in [2.45, 2.75) is 37.8 Å².